The molecule has 0 spiro atoms. The Hall–Kier alpha value is -1.01. The van der Waals surface area contributed by atoms with Crippen LogP contribution in [0.2, 0.25) is 0 Å². The third-order valence-corrected chi connectivity index (χ3v) is 2.45. The predicted octanol–water partition coefficient (Wildman–Crippen LogP) is 1.11. The van der Waals surface area contributed by atoms with Crippen molar-refractivity contribution in [2.24, 2.45) is 5.73 Å². The lowest BCUT2D eigenvalue weighted by molar-refractivity contribution is 0.0477. The zero-order valence-corrected chi connectivity index (χ0v) is 10.9. The van der Waals surface area contributed by atoms with Gasteiger partial charge >= 0.3 is 0 Å². The van der Waals surface area contributed by atoms with E-state index in [1.165, 1.54) is 0 Å². The first kappa shape index (κ1) is 15.0. The van der Waals surface area contributed by atoms with Crippen LogP contribution in [0, 0.1) is 0 Å². The average molecular weight is 254 g/mol. The van der Waals surface area contributed by atoms with E-state index < -0.39 is 0 Å². The van der Waals surface area contributed by atoms with Crippen LogP contribution >= 0.6 is 0 Å². The molecule has 0 aliphatic heterocycles. The molecule has 0 radical (unpaired) electrons. The number of ether oxygens (including phenoxy) is 3. The SMILES string of the molecule is COCCOCCCOCc1ncccc1CN. The normalized spacial score (nSPS) is 10.8. The largest absolute Gasteiger partial charge is 0.382 e. The summed E-state index contributed by atoms with van der Waals surface area (Å²) in [6.07, 6.45) is 2.63. The predicted molar refractivity (Wildman–Crippen MR) is 69.1 cm³/mol. The van der Waals surface area contributed by atoms with Crippen LogP contribution in [0.4, 0.5) is 0 Å². The second kappa shape index (κ2) is 9.96. The first-order chi connectivity index (χ1) is 8.88. The molecule has 0 fully saturated rings. The average Bonchev–Trinajstić information content (AvgIpc) is 2.42. The van der Waals surface area contributed by atoms with Gasteiger partial charge in [-0.15, -0.1) is 0 Å². The molecule has 0 aromatic carbocycles. The third kappa shape index (κ3) is 6.07. The summed E-state index contributed by atoms with van der Waals surface area (Å²) in [5.74, 6) is 0. The minimum Gasteiger partial charge on any atom is -0.382 e. The van der Waals surface area contributed by atoms with Crippen molar-refractivity contribution in [3.05, 3.63) is 29.6 Å². The van der Waals surface area contributed by atoms with Gasteiger partial charge in [0, 0.05) is 33.1 Å². The van der Waals surface area contributed by atoms with Gasteiger partial charge in [-0.05, 0) is 18.1 Å². The van der Waals surface area contributed by atoms with Crippen LogP contribution in [0.5, 0.6) is 0 Å². The van der Waals surface area contributed by atoms with Crippen molar-refractivity contribution in [1.82, 2.24) is 4.98 Å². The van der Waals surface area contributed by atoms with Crippen LogP contribution in [0.3, 0.4) is 0 Å². The summed E-state index contributed by atoms with van der Waals surface area (Å²) < 4.78 is 15.7. The van der Waals surface area contributed by atoms with Gasteiger partial charge in [0.25, 0.3) is 0 Å². The summed E-state index contributed by atoms with van der Waals surface area (Å²) in [5.41, 5.74) is 7.57. The van der Waals surface area contributed by atoms with Gasteiger partial charge in [-0.2, -0.15) is 0 Å². The summed E-state index contributed by atoms with van der Waals surface area (Å²) >= 11 is 0. The van der Waals surface area contributed by atoms with E-state index in [-0.39, 0.29) is 0 Å². The summed E-state index contributed by atoms with van der Waals surface area (Å²) in [6.45, 7) is 3.61. The summed E-state index contributed by atoms with van der Waals surface area (Å²) in [7, 11) is 1.66. The third-order valence-electron chi connectivity index (χ3n) is 2.45. The van der Waals surface area contributed by atoms with Crippen molar-refractivity contribution in [2.75, 3.05) is 33.5 Å². The zero-order chi connectivity index (χ0) is 13.1. The molecule has 1 aromatic rings. The first-order valence-electron chi connectivity index (χ1n) is 6.15. The second-order valence-electron chi connectivity index (χ2n) is 3.82. The number of hydrogen-bond acceptors (Lipinski definition) is 5. The highest BCUT2D eigenvalue weighted by atomic mass is 16.5. The monoisotopic (exact) mass is 254 g/mol. The van der Waals surface area contributed by atoms with Crippen molar-refractivity contribution < 1.29 is 14.2 Å². The Kier molecular flexibility index (Phi) is 8.33. The fourth-order valence-corrected chi connectivity index (χ4v) is 1.46. The van der Waals surface area contributed by atoms with Gasteiger partial charge in [0.15, 0.2) is 0 Å². The maximum Gasteiger partial charge on any atom is 0.0891 e. The summed E-state index contributed by atoms with van der Waals surface area (Å²) in [5, 5.41) is 0. The van der Waals surface area contributed by atoms with E-state index >= 15 is 0 Å². The molecule has 1 aromatic heterocycles. The molecule has 1 rings (SSSR count). The van der Waals surface area contributed by atoms with E-state index in [1.54, 1.807) is 13.3 Å². The summed E-state index contributed by atoms with van der Waals surface area (Å²) in [6, 6.07) is 3.86. The lowest BCUT2D eigenvalue weighted by Gasteiger charge is -2.07. The van der Waals surface area contributed by atoms with Gasteiger partial charge in [-0.1, -0.05) is 6.07 Å². The Morgan fingerprint density at radius 1 is 1.17 bits per heavy atom. The molecule has 5 nitrogen and oxygen atoms in total. The molecule has 5 heteroatoms. The maximum atomic E-state index is 5.62. The van der Waals surface area contributed by atoms with Gasteiger partial charge in [0.05, 0.1) is 25.5 Å². The number of hydrogen-bond donors (Lipinski definition) is 1. The Balaban J connectivity index is 2.07. The van der Waals surface area contributed by atoms with Crippen molar-refractivity contribution in [3.63, 3.8) is 0 Å². The molecule has 0 atom stereocenters. The molecule has 18 heavy (non-hydrogen) atoms. The van der Waals surface area contributed by atoms with Crippen LogP contribution in [0.25, 0.3) is 0 Å². The van der Waals surface area contributed by atoms with Gasteiger partial charge in [0.1, 0.15) is 0 Å². The van der Waals surface area contributed by atoms with Crippen LogP contribution in [-0.4, -0.2) is 38.5 Å². The highest BCUT2D eigenvalue weighted by Crippen LogP contribution is 2.05. The fraction of sp³-hybridized carbons (Fsp3) is 0.615. The van der Waals surface area contributed by atoms with Crippen molar-refractivity contribution in [3.8, 4) is 0 Å². The van der Waals surface area contributed by atoms with E-state index in [9.17, 15) is 0 Å². The smallest absolute Gasteiger partial charge is 0.0891 e. The Labute approximate surface area is 108 Å². The number of nitrogens with zero attached hydrogens (tertiary/aromatic N) is 1. The van der Waals surface area contributed by atoms with Crippen LogP contribution in [-0.2, 0) is 27.4 Å². The summed E-state index contributed by atoms with van der Waals surface area (Å²) in [4.78, 5) is 4.26. The first-order valence-corrected chi connectivity index (χ1v) is 6.15. The molecular weight excluding hydrogens is 232 g/mol. The van der Waals surface area contributed by atoms with Gasteiger partial charge in [-0.3, -0.25) is 4.98 Å². The van der Waals surface area contributed by atoms with Gasteiger partial charge in [0.2, 0.25) is 0 Å². The minimum absolute atomic E-state index is 0.493. The molecule has 0 aliphatic rings. The van der Waals surface area contributed by atoms with Crippen LogP contribution in [0.15, 0.2) is 18.3 Å². The Bertz CT molecular complexity index is 321. The molecule has 102 valence electrons. The molecule has 1 heterocycles. The van der Waals surface area contributed by atoms with Gasteiger partial charge in [-0.25, -0.2) is 0 Å². The lowest BCUT2D eigenvalue weighted by Crippen LogP contribution is -2.08. The number of methoxy groups -OCH3 is 1. The maximum absolute atomic E-state index is 5.62. The Morgan fingerprint density at radius 2 is 2.00 bits per heavy atom. The quantitative estimate of drug-likeness (QED) is 0.634. The van der Waals surface area contributed by atoms with E-state index in [4.69, 9.17) is 19.9 Å². The zero-order valence-electron chi connectivity index (χ0n) is 10.9. The van der Waals surface area contributed by atoms with Gasteiger partial charge < -0.3 is 19.9 Å². The topological polar surface area (TPSA) is 66.6 Å². The molecule has 0 amide bonds. The van der Waals surface area contributed by atoms with E-state index in [2.05, 4.69) is 4.98 Å². The molecule has 0 aliphatic carbocycles. The van der Waals surface area contributed by atoms with Crippen molar-refractivity contribution >= 4 is 0 Å². The molecular formula is C13H22N2O3. The van der Waals surface area contributed by atoms with Crippen LogP contribution in [0.1, 0.15) is 17.7 Å². The van der Waals surface area contributed by atoms with Crippen molar-refractivity contribution in [2.45, 2.75) is 19.6 Å². The van der Waals surface area contributed by atoms with E-state index in [0.717, 1.165) is 17.7 Å². The Morgan fingerprint density at radius 3 is 2.78 bits per heavy atom. The van der Waals surface area contributed by atoms with E-state index in [1.807, 2.05) is 12.1 Å². The lowest BCUT2D eigenvalue weighted by atomic mass is 10.2. The number of nitrogens with two attached hydrogens (primary N) is 1. The number of rotatable bonds is 10. The highest BCUT2D eigenvalue weighted by Gasteiger charge is 2.01. The minimum atomic E-state index is 0.493. The van der Waals surface area contributed by atoms with Crippen LogP contribution < -0.4 is 5.73 Å². The number of pyridine rings is 1. The van der Waals surface area contributed by atoms with E-state index in [0.29, 0.717) is 39.6 Å². The fourth-order valence-electron chi connectivity index (χ4n) is 1.46. The standard InChI is InChI=1S/C13H22N2O3/c1-16-8-9-17-6-3-7-18-11-13-12(10-14)4-2-5-15-13/h2,4-5H,3,6-11,14H2,1H3. The highest BCUT2D eigenvalue weighted by molar-refractivity contribution is 5.18. The molecule has 0 unspecified atom stereocenters. The molecule has 0 saturated carbocycles. The second-order valence-corrected chi connectivity index (χ2v) is 3.82. The molecule has 0 bridgehead atoms. The molecule has 2 N–H and O–H groups in total. The number of aromatic nitrogens is 1. The molecule has 0 saturated heterocycles. The van der Waals surface area contributed by atoms with Crippen molar-refractivity contribution in [1.29, 1.82) is 0 Å².